The molecule has 2 aliphatic rings. The Balaban J connectivity index is 1.32. The van der Waals surface area contributed by atoms with Gasteiger partial charge in [0, 0.05) is 37.8 Å². The molecule has 1 saturated heterocycles. The lowest BCUT2D eigenvalue weighted by atomic mass is 10.0. The van der Waals surface area contributed by atoms with Gasteiger partial charge in [0.2, 0.25) is 5.91 Å². The van der Waals surface area contributed by atoms with Gasteiger partial charge in [-0.05, 0) is 30.2 Å². The standard InChI is InChI=1S/C21H25N5O2/c1-2-16-7-3-4-8-17(16)23-19(27)15-26-13-10-21(11-14-26)24-20(25-28-21)18-9-5-6-12-22-18/h3-9,12H,2,10-11,13-15H2,1H3,(H,23,27)(H,24,25). The number of likely N-dealkylation sites (tertiary alicyclic amines) is 1. The Kier molecular flexibility index (Phi) is 5.36. The van der Waals surface area contributed by atoms with Gasteiger partial charge in [0.1, 0.15) is 5.69 Å². The second-order valence-electron chi connectivity index (χ2n) is 7.16. The summed E-state index contributed by atoms with van der Waals surface area (Å²) in [6.07, 6.45) is 4.09. The van der Waals surface area contributed by atoms with Crippen LogP contribution in [0, 0.1) is 0 Å². The van der Waals surface area contributed by atoms with Gasteiger partial charge in [0.05, 0.1) is 6.54 Å². The van der Waals surface area contributed by atoms with Gasteiger partial charge in [-0.2, -0.15) is 0 Å². The van der Waals surface area contributed by atoms with E-state index in [2.05, 4.69) is 27.6 Å². The SMILES string of the molecule is CCc1ccccc1NC(=O)CN1CCC2(CC1)N=C(c1ccccn1)NO2. The highest BCUT2D eigenvalue weighted by Gasteiger charge is 2.40. The van der Waals surface area contributed by atoms with Crippen LogP contribution in [0.25, 0.3) is 0 Å². The molecule has 1 spiro atoms. The van der Waals surface area contributed by atoms with Crippen LogP contribution < -0.4 is 10.8 Å². The number of aromatic nitrogens is 1. The number of rotatable bonds is 5. The molecular formula is C21H25N5O2. The lowest BCUT2D eigenvalue weighted by molar-refractivity contribution is -0.120. The van der Waals surface area contributed by atoms with Crippen molar-refractivity contribution in [3.63, 3.8) is 0 Å². The fourth-order valence-corrected chi connectivity index (χ4v) is 3.62. The molecule has 0 unspecified atom stereocenters. The van der Waals surface area contributed by atoms with Crippen LogP contribution in [0.4, 0.5) is 5.69 Å². The number of anilines is 1. The molecular weight excluding hydrogens is 354 g/mol. The van der Waals surface area contributed by atoms with Crippen molar-refractivity contribution in [2.45, 2.75) is 31.9 Å². The van der Waals surface area contributed by atoms with E-state index in [1.807, 2.05) is 42.5 Å². The number of benzene rings is 1. The number of hydrogen-bond donors (Lipinski definition) is 2. The first kappa shape index (κ1) is 18.6. The number of para-hydroxylation sites is 1. The van der Waals surface area contributed by atoms with Gasteiger partial charge in [-0.1, -0.05) is 31.2 Å². The number of piperidine rings is 1. The molecule has 28 heavy (non-hydrogen) atoms. The van der Waals surface area contributed by atoms with Crippen molar-refractivity contribution in [3.05, 3.63) is 59.9 Å². The Bertz CT molecular complexity index is 860. The number of aliphatic imine (C=N–C) groups is 1. The van der Waals surface area contributed by atoms with E-state index >= 15 is 0 Å². The van der Waals surface area contributed by atoms with E-state index in [1.165, 1.54) is 0 Å². The second kappa shape index (κ2) is 8.08. The zero-order valence-corrected chi connectivity index (χ0v) is 16.0. The van der Waals surface area contributed by atoms with Crippen molar-refractivity contribution in [1.29, 1.82) is 0 Å². The van der Waals surface area contributed by atoms with Crippen molar-refractivity contribution < 1.29 is 9.63 Å². The molecule has 0 aliphatic carbocycles. The fourth-order valence-electron chi connectivity index (χ4n) is 3.62. The van der Waals surface area contributed by atoms with E-state index in [0.717, 1.165) is 49.3 Å². The molecule has 2 aromatic rings. The van der Waals surface area contributed by atoms with Crippen molar-refractivity contribution in [2.75, 3.05) is 25.0 Å². The quantitative estimate of drug-likeness (QED) is 0.834. The Hall–Kier alpha value is -2.77. The number of hydroxylamine groups is 1. The van der Waals surface area contributed by atoms with Gasteiger partial charge in [0.25, 0.3) is 0 Å². The van der Waals surface area contributed by atoms with Crippen LogP contribution in [0.1, 0.15) is 31.0 Å². The summed E-state index contributed by atoms with van der Waals surface area (Å²) in [6.45, 7) is 3.97. The fraction of sp³-hybridized carbons (Fsp3) is 0.381. The van der Waals surface area contributed by atoms with E-state index in [-0.39, 0.29) is 5.91 Å². The van der Waals surface area contributed by atoms with E-state index in [0.29, 0.717) is 12.4 Å². The van der Waals surface area contributed by atoms with Gasteiger partial charge in [-0.25, -0.2) is 15.3 Å². The molecule has 7 heteroatoms. The molecule has 2 aliphatic heterocycles. The molecule has 7 nitrogen and oxygen atoms in total. The van der Waals surface area contributed by atoms with Gasteiger partial charge in [0.15, 0.2) is 11.6 Å². The zero-order chi connectivity index (χ0) is 19.4. The number of aryl methyl sites for hydroxylation is 1. The number of carbonyl (C=O) groups excluding carboxylic acids is 1. The number of amidine groups is 1. The normalized spacial score (nSPS) is 18.5. The summed E-state index contributed by atoms with van der Waals surface area (Å²) in [6, 6.07) is 13.6. The number of amides is 1. The Morgan fingerprint density at radius 1 is 1.21 bits per heavy atom. The van der Waals surface area contributed by atoms with Crippen molar-refractivity contribution in [2.24, 2.45) is 4.99 Å². The van der Waals surface area contributed by atoms with Crippen LogP contribution in [-0.4, -0.2) is 47.0 Å². The predicted molar refractivity (Wildman–Crippen MR) is 108 cm³/mol. The molecule has 4 rings (SSSR count). The maximum Gasteiger partial charge on any atom is 0.238 e. The maximum absolute atomic E-state index is 12.5. The lowest BCUT2D eigenvalue weighted by Gasteiger charge is -2.35. The van der Waals surface area contributed by atoms with Crippen LogP contribution >= 0.6 is 0 Å². The first-order valence-electron chi connectivity index (χ1n) is 9.73. The number of nitrogens with one attached hydrogen (secondary N) is 2. The summed E-state index contributed by atoms with van der Waals surface area (Å²) >= 11 is 0. The van der Waals surface area contributed by atoms with E-state index in [9.17, 15) is 4.79 Å². The monoisotopic (exact) mass is 379 g/mol. The largest absolute Gasteiger partial charge is 0.325 e. The molecule has 1 aromatic heterocycles. The van der Waals surface area contributed by atoms with Crippen LogP contribution in [0.15, 0.2) is 53.7 Å². The maximum atomic E-state index is 12.5. The van der Waals surface area contributed by atoms with Crippen molar-refractivity contribution in [1.82, 2.24) is 15.4 Å². The van der Waals surface area contributed by atoms with Crippen molar-refractivity contribution in [3.8, 4) is 0 Å². The van der Waals surface area contributed by atoms with E-state index in [4.69, 9.17) is 9.83 Å². The third-order valence-electron chi connectivity index (χ3n) is 5.24. The average Bonchev–Trinajstić information content (AvgIpc) is 3.15. The minimum absolute atomic E-state index is 0.0139. The van der Waals surface area contributed by atoms with E-state index in [1.54, 1.807) is 6.20 Å². The molecule has 146 valence electrons. The number of hydrogen-bond acceptors (Lipinski definition) is 6. The summed E-state index contributed by atoms with van der Waals surface area (Å²) in [5, 5.41) is 3.04. The first-order chi connectivity index (χ1) is 13.7. The summed E-state index contributed by atoms with van der Waals surface area (Å²) in [5.74, 6) is 0.683. The van der Waals surface area contributed by atoms with Crippen molar-refractivity contribution >= 4 is 17.4 Å². The molecule has 1 amide bonds. The number of pyridine rings is 1. The summed E-state index contributed by atoms with van der Waals surface area (Å²) < 4.78 is 0. The molecule has 1 fully saturated rings. The van der Waals surface area contributed by atoms with Gasteiger partial charge >= 0.3 is 0 Å². The third-order valence-corrected chi connectivity index (χ3v) is 5.24. The molecule has 2 N–H and O–H groups in total. The van der Waals surface area contributed by atoms with Crippen LogP contribution in [-0.2, 0) is 16.1 Å². The van der Waals surface area contributed by atoms with E-state index < -0.39 is 5.72 Å². The van der Waals surface area contributed by atoms with Gasteiger partial charge < -0.3 is 5.32 Å². The highest BCUT2D eigenvalue weighted by molar-refractivity contribution is 5.97. The van der Waals surface area contributed by atoms with Gasteiger partial charge in [-0.15, -0.1) is 0 Å². The average molecular weight is 379 g/mol. The Morgan fingerprint density at radius 2 is 2.00 bits per heavy atom. The molecule has 0 saturated carbocycles. The van der Waals surface area contributed by atoms with Crippen LogP contribution in [0.5, 0.6) is 0 Å². The molecule has 3 heterocycles. The molecule has 0 atom stereocenters. The second-order valence-corrected chi connectivity index (χ2v) is 7.16. The Labute approximate surface area is 164 Å². The Morgan fingerprint density at radius 3 is 2.75 bits per heavy atom. The van der Waals surface area contributed by atoms with Gasteiger partial charge in [-0.3, -0.25) is 14.7 Å². The predicted octanol–water partition coefficient (Wildman–Crippen LogP) is 2.36. The summed E-state index contributed by atoms with van der Waals surface area (Å²) in [7, 11) is 0. The van der Waals surface area contributed by atoms with Crippen LogP contribution in [0.2, 0.25) is 0 Å². The number of carbonyl (C=O) groups is 1. The minimum atomic E-state index is -0.561. The number of nitrogens with zero attached hydrogens (tertiary/aromatic N) is 3. The summed E-state index contributed by atoms with van der Waals surface area (Å²) in [4.78, 5) is 29.5. The third kappa shape index (κ3) is 4.05. The zero-order valence-electron chi connectivity index (χ0n) is 16.0. The highest BCUT2D eigenvalue weighted by Crippen LogP contribution is 2.30. The topological polar surface area (TPSA) is 78.9 Å². The lowest BCUT2D eigenvalue weighted by Crippen LogP contribution is -2.46. The molecule has 0 bridgehead atoms. The minimum Gasteiger partial charge on any atom is -0.325 e. The van der Waals surface area contributed by atoms with Crippen LogP contribution in [0.3, 0.4) is 0 Å². The molecule has 1 aromatic carbocycles. The molecule has 0 radical (unpaired) electrons. The first-order valence-corrected chi connectivity index (χ1v) is 9.73. The smallest absolute Gasteiger partial charge is 0.238 e. The summed E-state index contributed by atoms with van der Waals surface area (Å²) in [5.41, 5.74) is 5.18. The highest BCUT2D eigenvalue weighted by atomic mass is 16.7.